The zero-order valence-corrected chi connectivity index (χ0v) is 37.3. The van der Waals surface area contributed by atoms with Crippen molar-refractivity contribution >= 4 is 120 Å². The van der Waals surface area contributed by atoms with Crippen LogP contribution in [0.5, 0.6) is 0 Å². The lowest BCUT2D eigenvalue weighted by molar-refractivity contribution is 0.668. The minimum Gasteiger partial charge on any atom is -0.456 e. The molecule has 0 aliphatic rings. The third-order valence-corrected chi connectivity index (χ3v) is 14.5. The number of fused-ring (bicyclic) bond motifs is 17. The SMILES string of the molecule is c1ccc2cc3c(cc2c1)c1c2ccccc2ccc1n3-c1cc2oc3ccc4ccccc4c3c2cc1-c1nc(-c2cccc3oc4ccccc4c23)nc(-n2c3ccccc3c3ccccc32)n1. The van der Waals surface area contributed by atoms with Gasteiger partial charge in [-0.15, -0.1) is 0 Å². The van der Waals surface area contributed by atoms with Crippen molar-refractivity contribution in [2.45, 2.75) is 0 Å². The van der Waals surface area contributed by atoms with Crippen molar-refractivity contribution in [2.24, 2.45) is 0 Å². The monoisotopic (exact) mass is 893 g/mol. The molecular formula is C63H35N5O2. The Bertz CT molecular complexity index is 4860. The third kappa shape index (κ3) is 5.20. The molecule has 0 atom stereocenters. The number of hydrogen-bond donors (Lipinski definition) is 0. The lowest BCUT2D eigenvalue weighted by Crippen LogP contribution is -2.08. The van der Waals surface area contributed by atoms with Crippen LogP contribution in [0.25, 0.3) is 154 Å². The van der Waals surface area contributed by atoms with Gasteiger partial charge in [-0.1, -0.05) is 152 Å². The van der Waals surface area contributed by atoms with Gasteiger partial charge in [0.2, 0.25) is 5.95 Å². The number of furan rings is 2. The van der Waals surface area contributed by atoms with Crippen LogP contribution in [0.4, 0.5) is 0 Å². The molecule has 0 aliphatic carbocycles. The summed E-state index contributed by atoms with van der Waals surface area (Å²) in [5.41, 5.74) is 9.87. The van der Waals surface area contributed by atoms with Crippen LogP contribution >= 0.6 is 0 Å². The summed E-state index contributed by atoms with van der Waals surface area (Å²) in [5, 5.41) is 15.5. The van der Waals surface area contributed by atoms with Gasteiger partial charge < -0.3 is 13.4 Å². The van der Waals surface area contributed by atoms with Crippen LogP contribution in [-0.2, 0) is 0 Å². The van der Waals surface area contributed by atoms with Gasteiger partial charge in [-0.05, 0) is 86.9 Å². The highest BCUT2D eigenvalue weighted by Crippen LogP contribution is 2.45. The molecule has 0 aliphatic heterocycles. The smallest absolute Gasteiger partial charge is 0.238 e. The van der Waals surface area contributed by atoms with Crippen LogP contribution in [0.3, 0.4) is 0 Å². The van der Waals surface area contributed by atoms with E-state index in [1.54, 1.807) is 0 Å². The highest BCUT2D eigenvalue weighted by molar-refractivity contribution is 6.24. The summed E-state index contributed by atoms with van der Waals surface area (Å²) in [7, 11) is 0. The van der Waals surface area contributed by atoms with Gasteiger partial charge in [0.05, 0.1) is 27.8 Å². The average molecular weight is 894 g/mol. The second kappa shape index (κ2) is 14.0. The van der Waals surface area contributed by atoms with Crippen LogP contribution < -0.4 is 0 Å². The molecule has 5 aromatic heterocycles. The zero-order chi connectivity index (χ0) is 45.6. The average Bonchev–Trinajstić information content (AvgIpc) is 4.17. The summed E-state index contributed by atoms with van der Waals surface area (Å²) in [4.78, 5) is 16.7. The molecule has 0 amide bonds. The first-order valence-electron chi connectivity index (χ1n) is 23.6. The van der Waals surface area contributed by atoms with E-state index in [-0.39, 0.29) is 0 Å². The van der Waals surface area contributed by atoms with Gasteiger partial charge in [0, 0.05) is 60.3 Å². The normalized spacial score (nSPS) is 12.3. The molecule has 16 rings (SSSR count). The predicted molar refractivity (Wildman–Crippen MR) is 286 cm³/mol. The molecule has 324 valence electrons. The minimum atomic E-state index is 0.509. The molecule has 0 spiro atoms. The number of hydrogen-bond acceptors (Lipinski definition) is 5. The van der Waals surface area contributed by atoms with Crippen LogP contribution in [-0.4, -0.2) is 24.1 Å². The van der Waals surface area contributed by atoms with E-state index in [1.165, 1.54) is 21.5 Å². The summed E-state index contributed by atoms with van der Waals surface area (Å²) >= 11 is 0. The zero-order valence-electron chi connectivity index (χ0n) is 37.3. The van der Waals surface area contributed by atoms with Gasteiger partial charge in [0.15, 0.2) is 11.6 Å². The molecule has 0 N–H and O–H groups in total. The van der Waals surface area contributed by atoms with E-state index >= 15 is 0 Å². The Hall–Kier alpha value is -9.59. The molecule has 0 saturated carbocycles. The fourth-order valence-corrected chi connectivity index (χ4v) is 11.5. The van der Waals surface area contributed by atoms with E-state index in [0.29, 0.717) is 17.6 Å². The summed E-state index contributed by atoms with van der Waals surface area (Å²) in [6.07, 6.45) is 0. The van der Waals surface area contributed by atoms with Crippen molar-refractivity contribution in [1.29, 1.82) is 0 Å². The molecule has 0 radical (unpaired) electrons. The molecule has 7 nitrogen and oxygen atoms in total. The standard InChI is InChI=1S/C63H35N5O2/c1-2-17-39-33-52-46(32-38(39)16-1)58-40-18-5-3-14-36(40)28-30-51(58)67(52)53-35-57-48(59-41-19-6-4-15-37(41)29-31-56(59)70-57)34-47(53)62-64-61(45-23-13-27-55-60(45)44-22-9-12-26-54(44)69-55)65-63(66-62)68-49-24-10-7-20-42(49)43-21-8-11-25-50(43)68/h1-35H. The van der Waals surface area contributed by atoms with Gasteiger partial charge in [-0.2, -0.15) is 9.97 Å². The van der Waals surface area contributed by atoms with Crippen LogP contribution in [0.2, 0.25) is 0 Å². The van der Waals surface area contributed by atoms with Crippen molar-refractivity contribution in [2.75, 3.05) is 0 Å². The Balaban J connectivity index is 1.09. The molecule has 5 heterocycles. The van der Waals surface area contributed by atoms with Gasteiger partial charge in [-0.25, -0.2) is 4.98 Å². The number of nitrogens with zero attached hydrogens (tertiary/aromatic N) is 5. The first kappa shape index (κ1) is 37.5. The Morgan fingerprint density at radius 2 is 0.857 bits per heavy atom. The summed E-state index contributed by atoms with van der Waals surface area (Å²) in [6, 6.07) is 75.0. The largest absolute Gasteiger partial charge is 0.456 e. The van der Waals surface area contributed by atoms with Crippen LogP contribution in [0.15, 0.2) is 221 Å². The molecule has 70 heavy (non-hydrogen) atoms. The highest BCUT2D eigenvalue weighted by Gasteiger charge is 2.26. The van der Waals surface area contributed by atoms with Crippen molar-refractivity contribution in [3.05, 3.63) is 212 Å². The van der Waals surface area contributed by atoms with Crippen molar-refractivity contribution < 1.29 is 8.83 Å². The molecule has 11 aromatic carbocycles. The summed E-state index contributed by atoms with van der Waals surface area (Å²) in [5.74, 6) is 1.57. The summed E-state index contributed by atoms with van der Waals surface area (Å²) in [6.45, 7) is 0. The number of benzene rings is 11. The van der Waals surface area contributed by atoms with Crippen LogP contribution in [0, 0.1) is 0 Å². The maximum atomic E-state index is 6.93. The van der Waals surface area contributed by atoms with E-state index in [1.807, 2.05) is 24.3 Å². The Kier molecular flexibility index (Phi) is 7.49. The Morgan fingerprint density at radius 1 is 0.286 bits per heavy atom. The first-order chi connectivity index (χ1) is 34.7. The number of rotatable bonds is 4. The van der Waals surface area contributed by atoms with Crippen molar-refractivity contribution in [3.8, 4) is 34.4 Å². The van der Waals surface area contributed by atoms with Crippen molar-refractivity contribution in [1.82, 2.24) is 24.1 Å². The lowest BCUT2D eigenvalue weighted by Gasteiger charge is -2.16. The van der Waals surface area contributed by atoms with E-state index < -0.39 is 0 Å². The van der Waals surface area contributed by atoms with Gasteiger partial charge in [0.1, 0.15) is 22.3 Å². The maximum Gasteiger partial charge on any atom is 0.238 e. The topological polar surface area (TPSA) is 74.8 Å². The van der Waals surface area contributed by atoms with Gasteiger partial charge in [0.25, 0.3) is 0 Å². The summed E-state index contributed by atoms with van der Waals surface area (Å²) < 4.78 is 18.0. The van der Waals surface area contributed by atoms with Gasteiger partial charge in [-0.3, -0.25) is 4.57 Å². The molecular weight excluding hydrogens is 859 g/mol. The molecule has 7 heteroatoms. The Labute approximate surface area is 397 Å². The van der Waals surface area contributed by atoms with E-state index in [9.17, 15) is 0 Å². The molecule has 0 fully saturated rings. The van der Waals surface area contributed by atoms with E-state index in [0.717, 1.165) is 115 Å². The molecule has 0 saturated heterocycles. The second-order valence-electron chi connectivity index (χ2n) is 18.3. The fourth-order valence-electron chi connectivity index (χ4n) is 11.5. The molecule has 0 unspecified atom stereocenters. The maximum absolute atomic E-state index is 6.93. The first-order valence-corrected chi connectivity index (χ1v) is 23.6. The predicted octanol–water partition coefficient (Wildman–Crippen LogP) is 16.7. The molecule has 16 aromatic rings. The highest BCUT2D eigenvalue weighted by atomic mass is 16.3. The van der Waals surface area contributed by atoms with Crippen molar-refractivity contribution in [3.63, 3.8) is 0 Å². The lowest BCUT2D eigenvalue weighted by atomic mass is 10.0. The molecule has 0 bridgehead atoms. The van der Waals surface area contributed by atoms with E-state index in [2.05, 4.69) is 197 Å². The second-order valence-corrected chi connectivity index (χ2v) is 18.3. The number of para-hydroxylation sites is 3. The minimum absolute atomic E-state index is 0.509. The quantitative estimate of drug-likeness (QED) is 0.176. The number of aromatic nitrogens is 5. The van der Waals surface area contributed by atoms with E-state index in [4.69, 9.17) is 23.8 Å². The fraction of sp³-hybridized carbons (Fsp3) is 0. The third-order valence-electron chi connectivity index (χ3n) is 14.5. The van der Waals surface area contributed by atoms with Gasteiger partial charge >= 0.3 is 0 Å². The Morgan fingerprint density at radius 3 is 1.61 bits per heavy atom. The van der Waals surface area contributed by atoms with Crippen LogP contribution in [0.1, 0.15) is 0 Å².